The van der Waals surface area contributed by atoms with Crippen molar-refractivity contribution in [3.05, 3.63) is 35.9 Å². The quantitative estimate of drug-likeness (QED) is 0.896. The minimum Gasteiger partial charge on any atom is -0.381 e. The van der Waals surface area contributed by atoms with Crippen LogP contribution in [0.15, 0.2) is 30.3 Å². The van der Waals surface area contributed by atoms with Crippen molar-refractivity contribution in [2.24, 2.45) is 5.92 Å². The lowest BCUT2D eigenvalue weighted by molar-refractivity contribution is -0.138. The van der Waals surface area contributed by atoms with Gasteiger partial charge in [-0.25, -0.2) is 0 Å². The molecular weight excluding hydrogens is 304 g/mol. The minimum atomic E-state index is -0.290. The first kappa shape index (κ1) is 17.4. The van der Waals surface area contributed by atoms with Gasteiger partial charge in [0, 0.05) is 32.3 Å². The molecule has 0 bridgehead atoms. The van der Waals surface area contributed by atoms with E-state index in [0.29, 0.717) is 32.2 Å². The van der Waals surface area contributed by atoms with Crippen molar-refractivity contribution in [1.29, 1.82) is 0 Å². The second kappa shape index (κ2) is 8.60. The van der Waals surface area contributed by atoms with Crippen molar-refractivity contribution in [2.75, 3.05) is 39.5 Å². The molecular formula is C19H28N2O3. The molecule has 0 saturated carbocycles. The van der Waals surface area contributed by atoms with Crippen LogP contribution < -0.4 is 5.32 Å². The number of amides is 1. The van der Waals surface area contributed by atoms with Crippen LogP contribution in [-0.2, 0) is 14.3 Å². The number of hydrogen-bond acceptors (Lipinski definition) is 4. The van der Waals surface area contributed by atoms with Gasteiger partial charge in [0.2, 0.25) is 5.91 Å². The summed E-state index contributed by atoms with van der Waals surface area (Å²) in [4.78, 5) is 15.0. The summed E-state index contributed by atoms with van der Waals surface area (Å²) in [6.45, 7) is 6.45. The van der Waals surface area contributed by atoms with Gasteiger partial charge in [0.25, 0.3) is 0 Å². The summed E-state index contributed by atoms with van der Waals surface area (Å²) in [6, 6.07) is 10.0. The first-order chi connectivity index (χ1) is 11.8. The van der Waals surface area contributed by atoms with E-state index >= 15 is 0 Å². The summed E-state index contributed by atoms with van der Waals surface area (Å²) < 4.78 is 10.8. The molecule has 0 aliphatic carbocycles. The Morgan fingerprint density at radius 3 is 2.38 bits per heavy atom. The zero-order chi connectivity index (χ0) is 16.8. The van der Waals surface area contributed by atoms with Crippen LogP contribution in [0.1, 0.15) is 31.4 Å². The van der Waals surface area contributed by atoms with Crippen molar-refractivity contribution in [3.63, 3.8) is 0 Å². The van der Waals surface area contributed by atoms with Crippen molar-refractivity contribution >= 4 is 5.91 Å². The first-order valence-electron chi connectivity index (χ1n) is 9.01. The van der Waals surface area contributed by atoms with E-state index in [9.17, 15) is 4.79 Å². The van der Waals surface area contributed by atoms with Crippen molar-refractivity contribution in [1.82, 2.24) is 10.2 Å². The number of ether oxygens (including phenoxy) is 2. The van der Waals surface area contributed by atoms with Crippen LogP contribution in [0.3, 0.4) is 0 Å². The maximum absolute atomic E-state index is 13.1. The number of rotatable bonds is 5. The number of nitrogens with zero attached hydrogens (tertiary/aromatic N) is 1. The van der Waals surface area contributed by atoms with Crippen LogP contribution in [-0.4, -0.2) is 56.4 Å². The summed E-state index contributed by atoms with van der Waals surface area (Å²) in [6.07, 6.45) is 2.11. The molecule has 2 atom stereocenters. The van der Waals surface area contributed by atoms with Gasteiger partial charge in [-0.05, 0) is 31.2 Å². The molecule has 0 unspecified atom stereocenters. The molecule has 2 heterocycles. The fourth-order valence-electron chi connectivity index (χ4n) is 3.54. The van der Waals surface area contributed by atoms with Crippen LogP contribution in [0.4, 0.5) is 0 Å². The molecule has 3 rings (SSSR count). The van der Waals surface area contributed by atoms with Gasteiger partial charge in [0.1, 0.15) is 6.04 Å². The molecule has 2 aliphatic rings. The Morgan fingerprint density at radius 1 is 1.08 bits per heavy atom. The third kappa shape index (κ3) is 4.35. The number of morpholine rings is 1. The summed E-state index contributed by atoms with van der Waals surface area (Å²) in [5, 5.41) is 3.61. The Balaban J connectivity index is 1.73. The van der Waals surface area contributed by atoms with Crippen molar-refractivity contribution in [3.8, 4) is 0 Å². The molecule has 2 aliphatic heterocycles. The molecule has 132 valence electrons. The summed E-state index contributed by atoms with van der Waals surface area (Å²) in [5.41, 5.74) is 1.04. The van der Waals surface area contributed by atoms with Gasteiger partial charge in [-0.3, -0.25) is 10.1 Å². The Morgan fingerprint density at radius 2 is 1.71 bits per heavy atom. The summed E-state index contributed by atoms with van der Waals surface area (Å²) >= 11 is 0. The van der Waals surface area contributed by atoms with E-state index in [2.05, 4.69) is 12.2 Å². The van der Waals surface area contributed by atoms with E-state index in [1.54, 1.807) is 0 Å². The van der Waals surface area contributed by atoms with E-state index in [1.807, 2.05) is 35.2 Å². The standard InChI is InChI=1S/C19H28N2O3/c1-15(16-7-11-23-12-8-16)20-18(17-5-3-2-4-6-17)19(22)21-9-13-24-14-10-21/h2-6,15-16,18,20H,7-14H2,1H3/t15-,18+/m1/s1. The average molecular weight is 332 g/mol. The van der Waals surface area contributed by atoms with Crippen LogP contribution in [0.2, 0.25) is 0 Å². The van der Waals surface area contributed by atoms with E-state index in [-0.39, 0.29) is 18.0 Å². The molecule has 1 N–H and O–H groups in total. The summed E-state index contributed by atoms with van der Waals surface area (Å²) in [7, 11) is 0. The highest BCUT2D eigenvalue weighted by Crippen LogP contribution is 2.23. The topological polar surface area (TPSA) is 50.8 Å². The summed E-state index contributed by atoms with van der Waals surface area (Å²) in [5.74, 6) is 0.714. The number of benzene rings is 1. The number of nitrogens with one attached hydrogen (secondary N) is 1. The lowest BCUT2D eigenvalue weighted by Crippen LogP contribution is -2.49. The molecule has 1 aromatic carbocycles. The molecule has 1 aromatic rings. The van der Waals surface area contributed by atoms with E-state index in [1.165, 1.54) is 0 Å². The Labute approximate surface area is 144 Å². The second-order valence-corrected chi connectivity index (χ2v) is 6.69. The fraction of sp³-hybridized carbons (Fsp3) is 0.632. The third-order valence-electron chi connectivity index (χ3n) is 5.11. The maximum Gasteiger partial charge on any atom is 0.244 e. The smallest absolute Gasteiger partial charge is 0.244 e. The minimum absolute atomic E-state index is 0.156. The number of carbonyl (C=O) groups is 1. The molecule has 0 radical (unpaired) electrons. The van der Waals surface area contributed by atoms with E-state index < -0.39 is 0 Å². The average Bonchev–Trinajstić information content (AvgIpc) is 2.67. The zero-order valence-electron chi connectivity index (χ0n) is 14.4. The SMILES string of the molecule is C[C@@H](N[C@H](C(=O)N1CCOCC1)c1ccccc1)C1CCOCC1. The zero-order valence-corrected chi connectivity index (χ0v) is 14.4. The number of hydrogen-bond donors (Lipinski definition) is 1. The van der Waals surface area contributed by atoms with Gasteiger partial charge in [0.15, 0.2) is 0 Å². The van der Waals surface area contributed by atoms with Crippen molar-refractivity contribution < 1.29 is 14.3 Å². The van der Waals surface area contributed by atoms with Gasteiger partial charge in [-0.2, -0.15) is 0 Å². The first-order valence-corrected chi connectivity index (χ1v) is 9.01. The van der Waals surface area contributed by atoms with Gasteiger partial charge < -0.3 is 14.4 Å². The van der Waals surface area contributed by atoms with Crippen LogP contribution in [0.5, 0.6) is 0 Å². The van der Waals surface area contributed by atoms with Gasteiger partial charge in [-0.1, -0.05) is 30.3 Å². The lowest BCUT2D eigenvalue weighted by atomic mass is 9.91. The highest BCUT2D eigenvalue weighted by molar-refractivity contribution is 5.83. The molecule has 5 nitrogen and oxygen atoms in total. The normalized spacial score (nSPS) is 22.1. The van der Waals surface area contributed by atoms with Gasteiger partial charge in [0.05, 0.1) is 13.2 Å². The predicted octanol–water partition coefficient (Wildman–Crippen LogP) is 1.99. The highest BCUT2D eigenvalue weighted by Gasteiger charge is 2.30. The Kier molecular flexibility index (Phi) is 6.24. The molecule has 2 fully saturated rings. The molecule has 0 spiro atoms. The second-order valence-electron chi connectivity index (χ2n) is 6.69. The van der Waals surface area contributed by atoms with Crippen LogP contribution in [0.25, 0.3) is 0 Å². The maximum atomic E-state index is 13.1. The molecule has 24 heavy (non-hydrogen) atoms. The Hall–Kier alpha value is -1.43. The largest absolute Gasteiger partial charge is 0.381 e. The molecule has 1 amide bonds. The van der Waals surface area contributed by atoms with E-state index in [0.717, 1.165) is 31.6 Å². The molecule has 2 saturated heterocycles. The third-order valence-corrected chi connectivity index (χ3v) is 5.11. The number of carbonyl (C=O) groups excluding carboxylic acids is 1. The van der Waals surface area contributed by atoms with Gasteiger partial charge in [-0.15, -0.1) is 0 Å². The van der Waals surface area contributed by atoms with Crippen LogP contribution >= 0.6 is 0 Å². The fourth-order valence-corrected chi connectivity index (χ4v) is 3.54. The molecule has 5 heteroatoms. The van der Waals surface area contributed by atoms with E-state index in [4.69, 9.17) is 9.47 Å². The van der Waals surface area contributed by atoms with Crippen molar-refractivity contribution in [2.45, 2.75) is 31.8 Å². The lowest BCUT2D eigenvalue weighted by Gasteiger charge is -2.35. The molecule has 0 aromatic heterocycles. The van der Waals surface area contributed by atoms with Gasteiger partial charge >= 0.3 is 0 Å². The predicted molar refractivity (Wildman–Crippen MR) is 92.7 cm³/mol. The van der Waals surface area contributed by atoms with Crippen LogP contribution in [0, 0.1) is 5.92 Å². The monoisotopic (exact) mass is 332 g/mol. The Bertz CT molecular complexity index is 511. The highest BCUT2D eigenvalue weighted by atomic mass is 16.5.